The standard InChI is InChI=1S/C12H13Br2FO2/c13-7-3-1-2-4-12(16)17-11-6-5-9(15)8-10(11)14/h5-6,8H,1-4,7H2. The number of ether oxygens (including phenoxy) is 1. The van der Waals surface area contributed by atoms with Crippen LogP contribution in [-0.2, 0) is 4.79 Å². The van der Waals surface area contributed by atoms with Crippen LogP contribution in [0.3, 0.4) is 0 Å². The zero-order valence-corrected chi connectivity index (χ0v) is 12.4. The summed E-state index contributed by atoms with van der Waals surface area (Å²) >= 11 is 6.47. The maximum atomic E-state index is 12.8. The van der Waals surface area contributed by atoms with Gasteiger partial charge in [-0.1, -0.05) is 22.4 Å². The van der Waals surface area contributed by atoms with Gasteiger partial charge in [0, 0.05) is 11.8 Å². The first kappa shape index (κ1) is 14.6. The molecule has 0 aromatic heterocycles. The summed E-state index contributed by atoms with van der Waals surface area (Å²) in [5, 5.41) is 0.950. The van der Waals surface area contributed by atoms with Crippen molar-refractivity contribution in [3.63, 3.8) is 0 Å². The first-order valence-electron chi connectivity index (χ1n) is 5.35. The lowest BCUT2D eigenvalue weighted by atomic mass is 10.2. The van der Waals surface area contributed by atoms with Crippen LogP contribution in [0, 0.1) is 5.82 Å². The van der Waals surface area contributed by atoms with Gasteiger partial charge in [-0.3, -0.25) is 4.79 Å². The maximum Gasteiger partial charge on any atom is 0.311 e. The molecule has 94 valence electrons. The molecule has 0 N–H and O–H groups in total. The van der Waals surface area contributed by atoms with Crippen molar-refractivity contribution in [3.8, 4) is 5.75 Å². The quantitative estimate of drug-likeness (QED) is 0.321. The highest BCUT2D eigenvalue weighted by Gasteiger charge is 2.08. The third-order valence-corrected chi connectivity index (χ3v) is 3.31. The van der Waals surface area contributed by atoms with Gasteiger partial charge in [-0.05, 0) is 47.0 Å². The van der Waals surface area contributed by atoms with E-state index in [1.807, 2.05) is 0 Å². The number of hydrogen-bond donors (Lipinski definition) is 0. The van der Waals surface area contributed by atoms with Gasteiger partial charge in [-0.2, -0.15) is 0 Å². The van der Waals surface area contributed by atoms with Crippen LogP contribution in [0.5, 0.6) is 5.75 Å². The summed E-state index contributed by atoms with van der Waals surface area (Å²) in [6.45, 7) is 0. The van der Waals surface area contributed by atoms with Crippen molar-refractivity contribution < 1.29 is 13.9 Å². The van der Waals surface area contributed by atoms with E-state index in [0.29, 0.717) is 16.6 Å². The van der Waals surface area contributed by atoms with E-state index in [9.17, 15) is 9.18 Å². The van der Waals surface area contributed by atoms with Crippen molar-refractivity contribution in [2.75, 3.05) is 5.33 Å². The van der Waals surface area contributed by atoms with Crippen molar-refractivity contribution in [1.82, 2.24) is 0 Å². The normalized spacial score (nSPS) is 10.3. The van der Waals surface area contributed by atoms with E-state index in [1.54, 1.807) is 0 Å². The molecule has 1 aromatic rings. The van der Waals surface area contributed by atoms with Crippen LogP contribution in [0.1, 0.15) is 25.7 Å². The summed E-state index contributed by atoms with van der Waals surface area (Å²) in [7, 11) is 0. The van der Waals surface area contributed by atoms with E-state index in [2.05, 4.69) is 31.9 Å². The minimum Gasteiger partial charge on any atom is -0.425 e. The van der Waals surface area contributed by atoms with Crippen LogP contribution < -0.4 is 4.74 Å². The van der Waals surface area contributed by atoms with E-state index in [0.717, 1.165) is 24.6 Å². The molecule has 0 aliphatic rings. The van der Waals surface area contributed by atoms with Gasteiger partial charge in [-0.15, -0.1) is 0 Å². The fourth-order valence-electron chi connectivity index (χ4n) is 1.27. The summed E-state index contributed by atoms with van der Waals surface area (Å²) in [5.41, 5.74) is 0. The highest BCUT2D eigenvalue weighted by atomic mass is 79.9. The first-order chi connectivity index (χ1) is 8.13. The minimum atomic E-state index is -0.367. The van der Waals surface area contributed by atoms with Crippen molar-refractivity contribution in [3.05, 3.63) is 28.5 Å². The average Bonchev–Trinajstić information content (AvgIpc) is 2.28. The average molecular weight is 368 g/mol. The summed E-state index contributed by atoms with van der Waals surface area (Å²) in [6, 6.07) is 3.97. The van der Waals surface area contributed by atoms with Gasteiger partial charge in [0.2, 0.25) is 0 Å². The highest BCUT2D eigenvalue weighted by molar-refractivity contribution is 9.10. The number of rotatable bonds is 6. The van der Waals surface area contributed by atoms with E-state index in [-0.39, 0.29) is 11.8 Å². The Labute approximate surface area is 117 Å². The number of unbranched alkanes of at least 4 members (excludes halogenated alkanes) is 2. The molecule has 0 spiro atoms. The van der Waals surface area contributed by atoms with Crippen LogP contribution in [0.15, 0.2) is 22.7 Å². The second-order valence-corrected chi connectivity index (χ2v) is 5.20. The van der Waals surface area contributed by atoms with Crippen LogP contribution >= 0.6 is 31.9 Å². The Bertz CT molecular complexity index is 383. The molecule has 0 aliphatic heterocycles. The van der Waals surface area contributed by atoms with Crippen molar-refractivity contribution >= 4 is 37.8 Å². The van der Waals surface area contributed by atoms with Crippen LogP contribution in [0.25, 0.3) is 0 Å². The summed E-state index contributed by atoms with van der Waals surface area (Å²) in [4.78, 5) is 11.5. The molecular weight excluding hydrogens is 355 g/mol. The Morgan fingerprint density at radius 1 is 1.29 bits per heavy atom. The topological polar surface area (TPSA) is 26.3 Å². The third-order valence-electron chi connectivity index (χ3n) is 2.13. The number of halogens is 3. The van der Waals surface area contributed by atoms with Crippen LogP contribution in [-0.4, -0.2) is 11.3 Å². The molecule has 0 saturated heterocycles. The minimum absolute atomic E-state index is 0.285. The second-order valence-electron chi connectivity index (χ2n) is 3.55. The third kappa shape index (κ3) is 5.64. The predicted octanol–water partition coefficient (Wildman–Crippen LogP) is 4.45. The van der Waals surface area contributed by atoms with Gasteiger partial charge < -0.3 is 4.74 Å². The Morgan fingerprint density at radius 3 is 2.71 bits per heavy atom. The molecule has 0 radical (unpaired) electrons. The van der Waals surface area contributed by atoms with Gasteiger partial charge in [0.05, 0.1) is 4.47 Å². The van der Waals surface area contributed by atoms with E-state index in [4.69, 9.17) is 4.74 Å². The second kappa shape index (κ2) is 7.82. The highest BCUT2D eigenvalue weighted by Crippen LogP contribution is 2.25. The Morgan fingerprint density at radius 2 is 2.06 bits per heavy atom. The number of carbonyl (C=O) groups is 1. The number of carbonyl (C=O) groups excluding carboxylic acids is 1. The van der Waals surface area contributed by atoms with E-state index in [1.165, 1.54) is 18.2 Å². The molecule has 2 nitrogen and oxygen atoms in total. The fourth-order valence-corrected chi connectivity index (χ4v) is 2.10. The molecule has 0 bridgehead atoms. The predicted molar refractivity (Wildman–Crippen MR) is 72.0 cm³/mol. The lowest BCUT2D eigenvalue weighted by Crippen LogP contribution is -2.08. The molecule has 17 heavy (non-hydrogen) atoms. The molecule has 0 amide bonds. The maximum absolute atomic E-state index is 12.8. The number of alkyl halides is 1. The molecule has 0 atom stereocenters. The van der Waals surface area contributed by atoms with Crippen LogP contribution in [0.4, 0.5) is 4.39 Å². The van der Waals surface area contributed by atoms with E-state index < -0.39 is 0 Å². The van der Waals surface area contributed by atoms with Crippen molar-refractivity contribution in [2.24, 2.45) is 0 Å². The number of esters is 1. The van der Waals surface area contributed by atoms with Gasteiger partial charge >= 0.3 is 5.97 Å². The molecule has 0 fully saturated rings. The van der Waals surface area contributed by atoms with Crippen LogP contribution in [0.2, 0.25) is 0 Å². The smallest absolute Gasteiger partial charge is 0.311 e. The largest absolute Gasteiger partial charge is 0.425 e. The molecule has 5 heteroatoms. The number of hydrogen-bond acceptors (Lipinski definition) is 2. The first-order valence-corrected chi connectivity index (χ1v) is 7.26. The summed E-state index contributed by atoms with van der Waals surface area (Å²) < 4.78 is 18.4. The van der Waals surface area contributed by atoms with Gasteiger partial charge in [0.15, 0.2) is 0 Å². The zero-order chi connectivity index (χ0) is 12.7. The molecule has 0 heterocycles. The zero-order valence-electron chi connectivity index (χ0n) is 9.22. The van der Waals surface area contributed by atoms with Gasteiger partial charge in [-0.25, -0.2) is 4.39 Å². The number of benzene rings is 1. The summed E-state index contributed by atoms with van der Waals surface area (Å²) in [6.07, 6.45) is 3.23. The Balaban J connectivity index is 2.40. The van der Waals surface area contributed by atoms with Crippen molar-refractivity contribution in [1.29, 1.82) is 0 Å². The molecule has 1 aromatic carbocycles. The van der Waals surface area contributed by atoms with E-state index >= 15 is 0 Å². The Kier molecular flexibility index (Phi) is 6.73. The van der Waals surface area contributed by atoms with Crippen molar-refractivity contribution in [2.45, 2.75) is 25.7 Å². The Hall–Kier alpha value is -0.420. The van der Waals surface area contributed by atoms with Gasteiger partial charge in [0.1, 0.15) is 11.6 Å². The molecule has 1 rings (SSSR count). The SMILES string of the molecule is O=C(CCCCCBr)Oc1ccc(F)cc1Br. The molecule has 0 aliphatic carbocycles. The lowest BCUT2D eigenvalue weighted by Gasteiger charge is -2.06. The van der Waals surface area contributed by atoms with Gasteiger partial charge in [0.25, 0.3) is 0 Å². The molecule has 0 unspecified atom stereocenters. The summed E-state index contributed by atoms with van der Waals surface area (Å²) in [5.74, 6) is -0.294. The monoisotopic (exact) mass is 366 g/mol. The lowest BCUT2D eigenvalue weighted by molar-refractivity contribution is -0.134. The molecular formula is C12H13Br2FO2. The fraction of sp³-hybridized carbons (Fsp3) is 0.417. The molecule has 0 saturated carbocycles.